The minimum Gasteiger partial charge on any atom is -0.206 e. The topological polar surface area (TPSA) is 46.2 Å². The standard InChI is InChI=1S/C9H13NO2S2/c1-7(2)6-10-14(11,12)9-5-4-8(3)13-9/h4-5,10H,1,6H2,2-3H3. The highest BCUT2D eigenvalue weighted by atomic mass is 32.2. The van der Waals surface area contributed by atoms with E-state index in [2.05, 4.69) is 11.3 Å². The van der Waals surface area contributed by atoms with Crippen molar-refractivity contribution in [2.45, 2.75) is 18.1 Å². The van der Waals surface area contributed by atoms with Crippen LogP contribution in [0.2, 0.25) is 0 Å². The number of hydrogen-bond donors (Lipinski definition) is 1. The predicted molar refractivity (Wildman–Crippen MR) is 59.1 cm³/mol. The van der Waals surface area contributed by atoms with Crippen molar-refractivity contribution < 1.29 is 8.42 Å². The molecule has 0 spiro atoms. The molecule has 0 saturated heterocycles. The second-order valence-electron chi connectivity index (χ2n) is 3.15. The Morgan fingerprint density at radius 3 is 2.64 bits per heavy atom. The van der Waals surface area contributed by atoms with E-state index < -0.39 is 10.0 Å². The fourth-order valence-corrected chi connectivity index (χ4v) is 3.27. The fourth-order valence-electron chi connectivity index (χ4n) is 0.846. The van der Waals surface area contributed by atoms with Crippen molar-refractivity contribution >= 4 is 21.4 Å². The summed E-state index contributed by atoms with van der Waals surface area (Å²) in [6.07, 6.45) is 0. The van der Waals surface area contributed by atoms with Gasteiger partial charge in [0.2, 0.25) is 10.0 Å². The highest BCUT2D eigenvalue weighted by molar-refractivity contribution is 7.91. The van der Waals surface area contributed by atoms with Gasteiger partial charge in [0.05, 0.1) is 0 Å². The monoisotopic (exact) mass is 231 g/mol. The van der Waals surface area contributed by atoms with Gasteiger partial charge in [-0.25, -0.2) is 13.1 Å². The van der Waals surface area contributed by atoms with Crippen LogP contribution in [-0.2, 0) is 10.0 Å². The SMILES string of the molecule is C=C(C)CNS(=O)(=O)c1ccc(C)s1. The van der Waals surface area contributed by atoms with Gasteiger partial charge in [0.1, 0.15) is 4.21 Å². The van der Waals surface area contributed by atoms with E-state index in [0.29, 0.717) is 10.8 Å². The molecular formula is C9H13NO2S2. The van der Waals surface area contributed by atoms with Crippen LogP contribution in [0.1, 0.15) is 11.8 Å². The molecule has 0 radical (unpaired) electrons. The van der Waals surface area contributed by atoms with Crippen LogP contribution in [0.5, 0.6) is 0 Å². The Labute approximate surface area is 88.5 Å². The van der Waals surface area contributed by atoms with Crippen LogP contribution in [0.15, 0.2) is 28.5 Å². The quantitative estimate of drug-likeness (QED) is 0.805. The highest BCUT2D eigenvalue weighted by Gasteiger charge is 2.14. The number of nitrogens with one attached hydrogen (secondary N) is 1. The zero-order valence-electron chi connectivity index (χ0n) is 8.20. The number of thiophene rings is 1. The molecule has 1 aromatic rings. The molecule has 3 nitrogen and oxygen atoms in total. The van der Waals surface area contributed by atoms with Crippen LogP contribution in [0.4, 0.5) is 0 Å². The van der Waals surface area contributed by atoms with E-state index in [1.54, 1.807) is 19.1 Å². The zero-order chi connectivity index (χ0) is 10.8. The van der Waals surface area contributed by atoms with Crippen molar-refractivity contribution in [3.05, 3.63) is 29.2 Å². The van der Waals surface area contributed by atoms with Crippen molar-refractivity contribution in [3.8, 4) is 0 Å². The van der Waals surface area contributed by atoms with Crippen LogP contribution in [-0.4, -0.2) is 15.0 Å². The Kier molecular flexibility index (Phi) is 3.47. The molecule has 0 aliphatic rings. The maximum Gasteiger partial charge on any atom is 0.250 e. The van der Waals surface area contributed by atoms with Crippen LogP contribution in [0, 0.1) is 6.92 Å². The minimum absolute atomic E-state index is 0.291. The van der Waals surface area contributed by atoms with E-state index in [4.69, 9.17) is 0 Å². The third-order valence-corrected chi connectivity index (χ3v) is 4.44. The van der Waals surface area contributed by atoms with Crippen LogP contribution >= 0.6 is 11.3 Å². The van der Waals surface area contributed by atoms with Crippen molar-refractivity contribution in [3.63, 3.8) is 0 Å². The summed E-state index contributed by atoms with van der Waals surface area (Å²) in [7, 11) is -3.33. The molecule has 78 valence electrons. The Bertz CT molecular complexity index is 431. The van der Waals surface area contributed by atoms with E-state index in [-0.39, 0.29) is 0 Å². The minimum atomic E-state index is -3.33. The zero-order valence-corrected chi connectivity index (χ0v) is 9.83. The van der Waals surface area contributed by atoms with E-state index in [0.717, 1.165) is 10.5 Å². The Morgan fingerprint density at radius 1 is 1.57 bits per heavy atom. The average molecular weight is 231 g/mol. The molecule has 1 N–H and O–H groups in total. The summed E-state index contributed by atoms with van der Waals surface area (Å²) in [5.74, 6) is 0. The molecule has 0 aromatic carbocycles. The molecule has 0 unspecified atom stereocenters. The van der Waals surface area contributed by atoms with Gasteiger partial charge in [0.25, 0.3) is 0 Å². The van der Waals surface area contributed by atoms with Crippen LogP contribution in [0.25, 0.3) is 0 Å². The molecule has 0 atom stereocenters. The molecule has 0 aliphatic carbocycles. The molecule has 1 rings (SSSR count). The number of aryl methyl sites for hydroxylation is 1. The third-order valence-electron chi connectivity index (χ3n) is 1.54. The summed E-state index contributed by atoms with van der Waals surface area (Å²) in [5, 5.41) is 0. The van der Waals surface area contributed by atoms with Gasteiger partial charge in [0.15, 0.2) is 0 Å². The van der Waals surface area contributed by atoms with Crippen LogP contribution in [0.3, 0.4) is 0 Å². The fraction of sp³-hybridized carbons (Fsp3) is 0.333. The molecule has 0 saturated carbocycles. The Balaban J connectivity index is 2.81. The lowest BCUT2D eigenvalue weighted by Gasteiger charge is -2.03. The van der Waals surface area contributed by atoms with E-state index >= 15 is 0 Å². The summed E-state index contributed by atoms with van der Waals surface area (Å²) in [6, 6.07) is 3.40. The molecule has 1 heterocycles. The molecule has 0 bridgehead atoms. The number of hydrogen-bond acceptors (Lipinski definition) is 3. The number of sulfonamides is 1. The molecule has 14 heavy (non-hydrogen) atoms. The summed E-state index contributed by atoms with van der Waals surface area (Å²) < 4.78 is 26.0. The van der Waals surface area contributed by atoms with E-state index in [1.807, 2.05) is 6.92 Å². The first kappa shape index (κ1) is 11.4. The Morgan fingerprint density at radius 2 is 2.21 bits per heavy atom. The lowest BCUT2D eigenvalue weighted by atomic mass is 10.4. The van der Waals surface area contributed by atoms with Gasteiger partial charge in [-0.15, -0.1) is 11.3 Å². The summed E-state index contributed by atoms with van der Waals surface area (Å²) in [5.41, 5.74) is 0.793. The van der Waals surface area contributed by atoms with Gasteiger partial charge in [0, 0.05) is 11.4 Å². The first-order chi connectivity index (χ1) is 6.42. The van der Waals surface area contributed by atoms with Gasteiger partial charge >= 0.3 is 0 Å². The Hall–Kier alpha value is -0.650. The van der Waals surface area contributed by atoms with E-state index in [9.17, 15) is 8.42 Å². The van der Waals surface area contributed by atoms with Crippen molar-refractivity contribution in [2.24, 2.45) is 0 Å². The molecule has 0 amide bonds. The molecule has 0 fully saturated rings. The van der Waals surface area contributed by atoms with Gasteiger partial charge in [-0.3, -0.25) is 0 Å². The first-order valence-corrected chi connectivity index (χ1v) is 6.42. The molecule has 1 aromatic heterocycles. The van der Waals surface area contributed by atoms with Gasteiger partial charge in [-0.1, -0.05) is 12.2 Å². The summed E-state index contributed by atoms with van der Waals surface area (Å²) in [4.78, 5) is 0.987. The van der Waals surface area contributed by atoms with Gasteiger partial charge in [-0.2, -0.15) is 0 Å². The van der Waals surface area contributed by atoms with E-state index in [1.165, 1.54) is 11.3 Å². The van der Waals surface area contributed by atoms with Crippen molar-refractivity contribution in [2.75, 3.05) is 6.54 Å². The predicted octanol–water partition coefficient (Wildman–Crippen LogP) is 1.91. The maximum atomic E-state index is 11.6. The van der Waals surface area contributed by atoms with Gasteiger partial charge in [-0.05, 0) is 26.0 Å². The largest absolute Gasteiger partial charge is 0.250 e. The van der Waals surface area contributed by atoms with Crippen molar-refractivity contribution in [1.82, 2.24) is 4.72 Å². The second-order valence-corrected chi connectivity index (χ2v) is 6.43. The molecule has 5 heteroatoms. The van der Waals surface area contributed by atoms with Crippen LogP contribution < -0.4 is 4.72 Å². The third kappa shape index (κ3) is 2.94. The van der Waals surface area contributed by atoms with Crippen molar-refractivity contribution in [1.29, 1.82) is 0 Å². The number of rotatable bonds is 4. The lowest BCUT2D eigenvalue weighted by molar-refractivity contribution is 0.587. The maximum absolute atomic E-state index is 11.6. The summed E-state index contributed by atoms with van der Waals surface area (Å²) in [6.45, 7) is 7.58. The molecular weight excluding hydrogens is 218 g/mol. The first-order valence-electron chi connectivity index (χ1n) is 4.12. The smallest absolute Gasteiger partial charge is 0.206 e. The lowest BCUT2D eigenvalue weighted by Crippen LogP contribution is -2.24. The second kappa shape index (κ2) is 4.25. The summed E-state index contributed by atoms with van der Waals surface area (Å²) >= 11 is 1.27. The average Bonchev–Trinajstić information content (AvgIpc) is 2.49. The highest BCUT2D eigenvalue weighted by Crippen LogP contribution is 2.20. The van der Waals surface area contributed by atoms with Gasteiger partial charge < -0.3 is 0 Å². The normalized spacial score (nSPS) is 11.6. The molecule has 0 aliphatic heterocycles.